The summed E-state index contributed by atoms with van der Waals surface area (Å²) >= 11 is -3.07. The first-order valence-corrected chi connectivity index (χ1v) is 6.27. The van der Waals surface area contributed by atoms with Crippen LogP contribution in [-0.4, -0.2) is 35.8 Å². The van der Waals surface area contributed by atoms with Crippen molar-refractivity contribution in [2.24, 2.45) is 0 Å². The van der Waals surface area contributed by atoms with Gasteiger partial charge in [-0.05, 0) is 0 Å². The molecule has 1 radical (unpaired) electrons. The van der Waals surface area contributed by atoms with Gasteiger partial charge >= 0.3 is 15.1 Å². The molecule has 0 nitrogen and oxygen atoms in total. The summed E-state index contributed by atoms with van der Waals surface area (Å²) in [6.45, 7) is 0. The van der Waals surface area contributed by atoms with E-state index in [1.165, 1.54) is 0 Å². The zero-order chi connectivity index (χ0) is 6.99. The van der Waals surface area contributed by atoms with E-state index in [1.54, 1.807) is 0 Å². The molecule has 0 saturated heterocycles. The Morgan fingerprint density at radius 1 is 1.38 bits per heavy atom. The average Bonchev–Trinajstić information content (AvgIpc) is 1.69. The van der Waals surface area contributed by atoms with Crippen LogP contribution < -0.4 is 0 Å². The van der Waals surface area contributed by atoms with E-state index < -0.39 is 20.6 Å². The minimum atomic E-state index is -3.82. The molecule has 0 atom stereocenters. The Morgan fingerprint density at radius 3 is 1.50 bits per heavy atom. The summed E-state index contributed by atoms with van der Waals surface area (Å²) in [5.41, 5.74) is -1.39. The Hall–Kier alpha value is 0.855. The minimum Gasteiger partial charge on any atom is -0.373 e. The van der Waals surface area contributed by atoms with Crippen LogP contribution in [-0.2, 0) is 0 Å². The molecule has 0 aromatic rings. The van der Waals surface area contributed by atoms with Gasteiger partial charge in [0.25, 0.3) is 0 Å². The van der Waals surface area contributed by atoms with Gasteiger partial charge in [0.1, 0.15) is 5.54 Å². The van der Waals surface area contributed by atoms with Crippen LogP contribution in [0.1, 0.15) is 0 Å². The quantitative estimate of drug-likeness (QED) is 0.505. The van der Waals surface area contributed by atoms with Gasteiger partial charge < -0.3 is 7.05 Å². The lowest BCUT2D eigenvalue weighted by molar-refractivity contribution is 0.518. The summed E-state index contributed by atoms with van der Waals surface area (Å²) in [7, 11) is 0. The van der Waals surface area contributed by atoms with Gasteiger partial charge in [-0.2, -0.15) is 0 Å². The number of alkyl halides is 1. The fraction of sp³-hybridized carbons (Fsp3) is 1.00. The highest BCUT2D eigenvalue weighted by atomic mass is 27.3. The van der Waals surface area contributed by atoms with Gasteiger partial charge in [0.05, 0.1) is 0 Å². The fourth-order valence-corrected chi connectivity index (χ4v) is 0. The van der Waals surface area contributed by atoms with Gasteiger partial charge in [-0.3, -0.25) is 4.39 Å². The summed E-state index contributed by atoms with van der Waals surface area (Å²) in [5.74, 6) is 4.42. The summed E-state index contributed by atoms with van der Waals surface area (Å²) in [6.07, 6.45) is 0. The molecule has 5 heteroatoms. The Labute approximate surface area is 59.1 Å². The van der Waals surface area contributed by atoms with Crippen molar-refractivity contribution in [3.8, 4) is 0 Å². The number of hydrogen-bond donors (Lipinski definition) is 0. The van der Waals surface area contributed by atoms with E-state index in [9.17, 15) is 11.4 Å². The second-order valence-electron chi connectivity index (χ2n) is 1.12. The van der Waals surface area contributed by atoms with Crippen molar-refractivity contribution in [2.45, 2.75) is 11.6 Å². The van der Waals surface area contributed by atoms with Crippen LogP contribution in [0.3, 0.4) is 0 Å². The Morgan fingerprint density at radius 2 is 1.50 bits per heavy atom. The third-order valence-corrected chi connectivity index (χ3v) is 0.350. The Bertz CT molecular complexity index is 33.7. The van der Waals surface area contributed by atoms with Crippen LogP contribution in [0.15, 0.2) is 0 Å². The zero-order valence-corrected chi connectivity index (χ0v) is 7.31. The molecule has 0 bridgehead atoms. The average molecular weight is 155 g/mol. The van der Waals surface area contributed by atoms with Gasteiger partial charge in [-0.25, -0.2) is 0 Å². The van der Waals surface area contributed by atoms with E-state index in [0.717, 1.165) is 15.2 Å². The number of hydrogen-bond acceptors (Lipinski definition) is 0. The van der Waals surface area contributed by atoms with Crippen LogP contribution >= 0.6 is 0 Å². The second-order valence-corrected chi connectivity index (χ2v) is 3.37. The van der Waals surface area contributed by atoms with Gasteiger partial charge in [0.15, 0.2) is 15.2 Å². The van der Waals surface area contributed by atoms with Gasteiger partial charge in [0, 0.05) is 0 Å². The summed E-state index contributed by atoms with van der Waals surface area (Å²) in [6, 6.07) is 0. The van der Waals surface area contributed by atoms with Gasteiger partial charge in [-0.15, -0.1) is 11.6 Å². The molecule has 0 fully saturated rings. The molecular formula is C3H8Al2F3. The van der Waals surface area contributed by atoms with Crippen LogP contribution in [0.2, 0.25) is 11.6 Å². The highest BCUT2D eigenvalue weighted by molar-refractivity contribution is 6.42. The largest absolute Gasteiger partial charge is 0.792 e. The maximum atomic E-state index is 10.5. The monoisotopic (exact) mass is 155 g/mol. The van der Waals surface area contributed by atoms with E-state index in [1.807, 2.05) is 0 Å². The first-order valence-electron chi connectivity index (χ1n) is 2.27. The molecule has 0 spiro atoms. The first kappa shape index (κ1) is 11.6. The Balaban J connectivity index is 0. The molecular weight excluding hydrogens is 147 g/mol. The normalized spacial score (nSPS) is 6.62. The fourth-order valence-electron chi connectivity index (χ4n) is 0. The summed E-state index contributed by atoms with van der Waals surface area (Å²) in [4.78, 5) is 0. The van der Waals surface area contributed by atoms with E-state index in [2.05, 4.69) is 11.6 Å². The van der Waals surface area contributed by atoms with Crippen molar-refractivity contribution in [1.29, 1.82) is 0 Å². The molecule has 8 heavy (non-hydrogen) atoms. The smallest absolute Gasteiger partial charge is 0.373 e. The van der Waals surface area contributed by atoms with Gasteiger partial charge in [0.2, 0.25) is 0 Å². The number of rotatable bonds is 1. The molecule has 47 valence electrons. The molecule has 0 aliphatic rings. The van der Waals surface area contributed by atoms with Crippen molar-refractivity contribution in [3.05, 3.63) is 0 Å². The standard InChI is InChI=1S/CH2F.2CH3.2Al.2FH/c1-2;;;;;;/h1H2;2*1H3;;;2*1H/q;;;;+2;;/p-2. The Kier molecular flexibility index (Phi) is 15.6. The molecule has 0 aromatic heterocycles. The summed E-state index contributed by atoms with van der Waals surface area (Å²) < 4.78 is 31.5. The summed E-state index contributed by atoms with van der Waals surface area (Å²) in [5, 5.41) is 0. The highest BCUT2D eigenvalue weighted by Crippen LogP contribution is 1.82. The van der Waals surface area contributed by atoms with Crippen molar-refractivity contribution in [3.63, 3.8) is 0 Å². The molecule has 0 unspecified atom stereocenters. The number of halogens is 3. The molecule has 0 rings (SSSR count). The predicted octanol–water partition coefficient (Wildman–Crippen LogP) is 1.71. The predicted molar refractivity (Wildman–Crippen MR) is 31.4 cm³/mol. The van der Waals surface area contributed by atoms with Crippen LogP contribution in [0.25, 0.3) is 0 Å². The molecule has 0 aliphatic carbocycles. The lowest BCUT2D eigenvalue weighted by Crippen LogP contribution is -1.96. The van der Waals surface area contributed by atoms with Crippen molar-refractivity contribution >= 4 is 30.3 Å². The maximum Gasteiger partial charge on any atom is 0.792 e. The zero-order valence-electron chi connectivity index (χ0n) is 5.00. The third-order valence-electron chi connectivity index (χ3n) is 0.117. The lowest BCUT2D eigenvalue weighted by atomic mass is 11.8. The molecule has 0 aliphatic heterocycles. The second kappa shape index (κ2) is 10.8. The van der Waals surface area contributed by atoms with E-state index in [-0.39, 0.29) is 0 Å². The van der Waals surface area contributed by atoms with Crippen molar-refractivity contribution < 1.29 is 11.4 Å². The SMILES string of the molecule is F[CH2][Al]([F])[F].[CH3][Al][CH3]. The molecule has 0 amide bonds. The molecule has 0 saturated carbocycles. The molecule has 0 aromatic carbocycles. The van der Waals surface area contributed by atoms with Crippen molar-refractivity contribution in [1.82, 2.24) is 0 Å². The highest BCUT2D eigenvalue weighted by Gasteiger charge is 2.18. The lowest BCUT2D eigenvalue weighted by Gasteiger charge is -1.67. The van der Waals surface area contributed by atoms with Crippen LogP contribution in [0.4, 0.5) is 11.4 Å². The van der Waals surface area contributed by atoms with Gasteiger partial charge in [-0.1, -0.05) is 0 Å². The van der Waals surface area contributed by atoms with E-state index in [4.69, 9.17) is 0 Å². The topological polar surface area (TPSA) is 0 Å². The minimum absolute atomic E-state index is 0.750. The van der Waals surface area contributed by atoms with Crippen molar-refractivity contribution in [2.75, 3.05) is 5.54 Å². The third kappa shape index (κ3) is 28.8. The van der Waals surface area contributed by atoms with Crippen LogP contribution in [0.5, 0.6) is 0 Å². The molecule has 0 heterocycles. The maximum absolute atomic E-state index is 10.5. The van der Waals surface area contributed by atoms with E-state index >= 15 is 0 Å². The molecule has 0 N–H and O–H groups in total. The first-order chi connectivity index (χ1) is 3.68. The van der Waals surface area contributed by atoms with Crippen LogP contribution in [0, 0.1) is 0 Å². The van der Waals surface area contributed by atoms with E-state index in [0.29, 0.717) is 0 Å².